The molecule has 1 spiro atoms. The second kappa shape index (κ2) is 11.0. The predicted molar refractivity (Wildman–Crippen MR) is 145 cm³/mol. The monoisotopic (exact) mass is 706 g/mol. The fourth-order valence-electron chi connectivity index (χ4n) is 8.48. The van der Waals surface area contributed by atoms with Gasteiger partial charge in [0.2, 0.25) is 0 Å². The molecule has 1 aliphatic heterocycles. The summed E-state index contributed by atoms with van der Waals surface area (Å²) in [6.07, 6.45) is 8.95. The van der Waals surface area contributed by atoms with E-state index < -0.39 is 17.5 Å². The van der Waals surface area contributed by atoms with Gasteiger partial charge in [-0.15, -0.1) is 23.6 Å². The average molecular weight is 707 g/mol. The standard InChI is InChI=1S/C27H40N.C6H2F3.Au/c1-17(2)23-8-7-9-24(18(3)4)25(23)28-16-27(15-26(28,5)6)21-11-19-10-20(13-21)14-22(27)12-19;7-4-1-5(8)3-6(9)2-4;/h7-9,16-22H,10-15H2,1-6H3;1-2H;/q2*-1;. The number of nitrogens with zero attached hydrogens (tertiary/aromatic N) is 1. The van der Waals surface area contributed by atoms with Crippen LogP contribution in [-0.2, 0) is 22.4 Å². The van der Waals surface area contributed by atoms with Crippen LogP contribution in [0.4, 0.5) is 18.9 Å². The van der Waals surface area contributed by atoms with Crippen molar-refractivity contribution in [2.24, 2.45) is 29.1 Å². The maximum atomic E-state index is 11.9. The van der Waals surface area contributed by atoms with E-state index in [0.29, 0.717) is 29.4 Å². The van der Waals surface area contributed by atoms with Crippen LogP contribution in [0.1, 0.15) is 103 Å². The Hall–Kier alpha value is -1.23. The summed E-state index contributed by atoms with van der Waals surface area (Å²) in [6.45, 7) is 17.3. The van der Waals surface area contributed by atoms with E-state index in [1.165, 1.54) is 43.2 Å². The Labute approximate surface area is 243 Å². The smallest absolute Gasteiger partial charge is 0.0205 e. The van der Waals surface area contributed by atoms with Crippen molar-refractivity contribution in [2.45, 2.75) is 97.4 Å². The van der Waals surface area contributed by atoms with Crippen LogP contribution in [0.2, 0.25) is 0 Å². The summed E-state index contributed by atoms with van der Waals surface area (Å²) in [6, 6.07) is 9.82. The number of halogens is 3. The van der Waals surface area contributed by atoms with Crippen molar-refractivity contribution < 1.29 is 35.6 Å². The van der Waals surface area contributed by atoms with Crippen LogP contribution in [0.15, 0.2) is 30.3 Å². The average Bonchev–Trinajstić information content (AvgIpc) is 3.07. The molecule has 4 bridgehead atoms. The quantitative estimate of drug-likeness (QED) is 0.227. The van der Waals surface area contributed by atoms with Crippen LogP contribution in [0, 0.1) is 59.1 Å². The molecule has 0 amide bonds. The maximum absolute atomic E-state index is 11.9. The number of anilines is 1. The SMILES string of the molecule is CC(C)c1cccc(C(C)C)c1N1[CH-]C2(CC1(C)C)C1CC3CC(C1)CC2C3.Fc1[c-]c(F)cc(F)c1.[Au]. The number of hydrogen-bond donors (Lipinski definition) is 0. The number of hydrogen-bond acceptors (Lipinski definition) is 1. The molecule has 38 heavy (non-hydrogen) atoms. The van der Waals surface area contributed by atoms with Gasteiger partial charge in [0.25, 0.3) is 0 Å². The molecule has 4 aliphatic carbocycles. The topological polar surface area (TPSA) is 3.24 Å². The first-order valence-electron chi connectivity index (χ1n) is 14.2. The zero-order valence-corrected chi connectivity index (χ0v) is 25.7. The van der Waals surface area contributed by atoms with E-state index in [2.05, 4.69) is 71.2 Å². The van der Waals surface area contributed by atoms with Gasteiger partial charge in [0.1, 0.15) is 0 Å². The first-order chi connectivity index (χ1) is 17.4. The number of para-hydroxylation sites is 1. The molecule has 7 rings (SSSR count). The summed E-state index contributed by atoms with van der Waals surface area (Å²) in [5, 5.41) is 0. The zero-order valence-electron chi connectivity index (χ0n) is 23.6. The van der Waals surface area contributed by atoms with Gasteiger partial charge in [0.05, 0.1) is 0 Å². The minimum atomic E-state index is -1.02. The van der Waals surface area contributed by atoms with Gasteiger partial charge in [0.15, 0.2) is 0 Å². The van der Waals surface area contributed by atoms with Gasteiger partial charge in [0, 0.05) is 51.1 Å². The summed E-state index contributed by atoms with van der Waals surface area (Å²) in [4.78, 5) is 2.78. The molecule has 5 heteroatoms. The van der Waals surface area contributed by atoms with Crippen LogP contribution >= 0.6 is 0 Å². The van der Waals surface area contributed by atoms with Crippen LogP contribution in [0.25, 0.3) is 0 Å². The summed E-state index contributed by atoms with van der Waals surface area (Å²) in [5.74, 6) is 2.15. The fraction of sp³-hybridized carbons (Fsp3) is 0.606. The second-order valence-electron chi connectivity index (χ2n) is 13.5. The van der Waals surface area contributed by atoms with E-state index in [-0.39, 0.29) is 27.9 Å². The number of benzene rings is 2. The van der Waals surface area contributed by atoms with Gasteiger partial charge in [-0.25, -0.2) is 19.7 Å². The van der Waals surface area contributed by atoms with E-state index in [9.17, 15) is 13.2 Å². The van der Waals surface area contributed by atoms with Crippen molar-refractivity contribution in [3.63, 3.8) is 0 Å². The van der Waals surface area contributed by atoms with Gasteiger partial charge < -0.3 is 4.90 Å². The summed E-state index contributed by atoms with van der Waals surface area (Å²) >= 11 is 0. The first kappa shape index (κ1) is 29.7. The molecule has 0 N–H and O–H groups in total. The van der Waals surface area contributed by atoms with E-state index in [1.54, 1.807) is 18.2 Å². The Morgan fingerprint density at radius 3 is 1.74 bits per heavy atom. The molecule has 0 atom stereocenters. The Bertz CT molecular complexity index is 1040. The molecule has 5 aliphatic rings. The van der Waals surface area contributed by atoms with E-state index in [0.717, 1.165) is 23.7 Å². The fourth-order valence-corrected chi connectivity index (χ4v) is 8.48. The Morgan fingerprint density at radius 1 is 0.842 bits per heavy atom. The summed E-state index contributed by atoms with van der Waals surface area (Å²) in [5.41, 5.74) is 5.30. The van der Waals surface area contributed by atoms with Crippen LogP contribution in [0.3, 0.4) is 0 Å². The van der Waals surface area contributed by atoms with Crippen molar-refractivity contribution in [3.8, 4) is 0 Å². The molecule has 213 valence electrons. The molecular formula is C33H42AuF3N-2. The molecular weight excluding hydrogens is 664 g/mol. The molecule has 0 aromatic heterocycles. The Balaban J connectivity index is 0.000000288. The Kier molecular flexibility index (Phi) is 8.59. The molecule has 1 heterocycles. The third-order valence-corrected chi connectivity index (χ3v) is 9.77. The van der Waals surface area contributed by atoms with E-state index >= 15 is 0 Å². The normalized spacial score (nSPS) is 30.6. The molecule has 1 radical (unpaired) electrons. The van der Waals surface area contributed by atoms with Crippen molar-refractivity contribution >= 4 is 5.69 Å². The van der Waals surface area contributed by atoms with Crippen LogP contribution in [0.5, 0.6) is 0 Å². The van der Waals surface area contributed by atoms with Crippen molar-refractivity contribution in [2.75, 3.05) is 4.90 Å². The maximum Gasteiger partial charge on any atom is 0.0205 e. The zero-order chi connectivity index (χ0) is 26.7. The second-order valence-corrected chi connectivity index (χ2v) is 13.5. The molecule has 4 saturated carbocycles. The van der Waals surface area contributed by atoms with Crippen molar-refractivity contribution in [1.29, 1.82) is 0 Å². The van der Waals surface area contributed by atoms with Gasteiger partial charge in [-0.1, -0.05) is 64.2 Å². The van der Waals surface area contributed by atoms with Crippen LogP contribution in [-0.4, -0.2) is 5.54 Å². The molecule has 2 aromatic rings. The van der Waals surface area contributed by atoms with Gasteiger partial charge in [-0.2, -0.15) is 0 Å². The van der Waals surface area contributed by atoms with Gasteiger partial charge in [-0.05, 0) is 80.8 Å². The summed E-state index contributed by atoms with van der Waals surface area (Å²) < 4.78 is 35.7. The Morgan fingerprint density at radius 2 is 1.32 bits per heavy atom. The molecule has 2 aromatic carbocycles. The predicted octanol–water partition coefficient (Wildman–Crippen LogP) is 9.43. The first-order valence-corrected chi connectivity index (χ1v) is 14.2. The molecule has 0 unspecified atom stereocenters. The van der Waals surface area contributed by atoms with Crippen molar-refractivity contribution in [1.82, 2.24) is 0 Å². The van der Waals surface area contributed by atoms with Gasteiger partial charge >= 0.3 is 0 Å². The largest absolute Gasteiger partial charge is 0.517 e. The molecule has 1 saturated heterocycles. The summed E-state index contributed by atoms with van der Waals surface area (Å²) in [7, 11) is 0. The number of rotatable bonds is 3. The van der Waals surface area contributed by atoms with E-state index in [4.69, 9.17) is 0 Å². The molecule has 5 fully saturated rings. The van der Waals surface area contributed by atoms with Gasteiger partial charge in [-0.3, -0.25) is 0 Å². The minimum Gasteiger partial charge on any atom is -0.517 e. The molecule has 1 nitrogen and oxygen atoms in total. The van der Waals surface area contributed by atoms with Crippen molar-refractivity contribution in [3.05, 3.63) is 71.5 Å². The van der Waals surface area contributed by atoms with E-state index in [1.807, 2.05) is 0 Å². The third-order valence-electron chi connectivity index (χ3n) is 9.77. The third kappa shape index (κ3) is 5.39. The van der Waals surface area contributed by atoms with Crippen LogP contribution < -0.4 is 4.90 Å². The minimum absolute atomic E-state index is 0.